The number of fused-ring (bicyclic) bond motifs is 6. The Morgan fingerprint density at radius 3 is 1.93 bits per heavy atom. The zero-order valence-corrected chi connectivity index (χ0v) is 52.1. The molecule has 0 unspecified atom stereocenters. The molecule has 0 saturated heterocycles. The van der Waals surface area contributed by atoms with Gasteiger partial charge in [0, 0.05) is 84.1 Å². The third-order valence-corrected chi connectivity index (χ3v) is 19.0. The molecule has 5 aromatic carbocycles. The lowest BCUT2D eigenvalue weighted by atomic mass is 9.79. The number of benzene rings is 5. The fourth-order valence-electron chi connectivity index (χ4n) is 10.7. The van der Waals surface area contributed by atoms with Gasteiger partial charge in [0.05, 0.1) is 37.1 Å². The molecule has 87 heavy (non-hydrogen) atoms. The predicted molar refractivity (Wildman–Crippen MR) is 322 cm³/mol. The molecule has 464 valence electrons. The van der Waals surface area contributed by atoms with Gasteiger partial charge in [0.15, 0.2) is 5.71 Å². The second-order valence-electron chi connectivity index (χ2n) is 21.3. The average molecular weight is 1310 g/mol. The molecule has 0 saturated carbocycles. The van der Waals surface area contributed by atoms with E-state index in [1.54, 1.807) is 49.1 Å². The van der Waals surface area contributed by atoms with E-state index >= 15 is 0 Å². The van der Waals surface area contributed by atoms with Gasteiger partial charge < -0.3 is 15.5 Å². The van der Waals surface area contributed by atoms with E-state index in [-0.39, 0.29) is 58.6 Å². The van der Waals surface area contributed by atoms with Crippen LogP contribution in [-0.4, -0.2) is 125 Å². The quantitative estimate of drug-likeness (QED) is 0.0247. The van der Waals surface area contributed by atoms with Gasteiger partial charge in [-0.1, -0.05) is 57.5 Å². The number of carbonyl (C=O) groups excluding carboxylic acids is 2. The smallest absolute Gasteiger partial charge is 0.352 e. The summed E-state index contributed by atoms with van der Waals surface area (Å²) in [5, 5.41) is 11.9. The number of anilines is 1. The van der Waals surface area contributed by atoms with Crippen molar-refractivity contribution in [2.75, 3.05) is 30.3 Å². The van der Waals surface area contributed by atoms with Gasteiger partial charge in [0.2, 0.25) is 21.6 Å². The van der Waals surface area contributed by atoms with E-state index in [9.17, 15) is 69.9 Å². The van der Waals surface area contributed by atoms with Crippen molar-refractivity contribution in [3.8, 4) is 0 Å². The van der Waals surface area contributed by atoms with Crippen LogP contribution in [0.15, 0.2) is 147 Å². The van der Waals surface area contributed by atoms with Crippen molar-refractivity contribution < 1.29 is 87.1 Å². The van der Waals surface area contributed by atoms with Crippen molar-refractivity contribution in [3.63, 3.8) is 0 Å². The van der Waals surface area contributed by atoms with E-state index in [0.29, 0.717) is 51.8 Å². The highest BCUT2D eigenvalue weighted by atomic mass is 32.2. The molecule has 31 heteroatoms. The first kappa shape index (κ1) is 67.1. The van der Waals surface area contributed by atoms with Crippen LogP contribution in [0.4, 0.5) is 11.4 Å². The molecule has 3 heterocycles. The van der Waals surface area contributed by atoms with Gasteiger partial charge in [0.25, 0.3) is 46.4 Å². The van der Waals surface area contributed by atoms with Gasteiger partial charge >= 0.3 is 10.6 Å². The molecule has 8 rings (SSSR count). The molecular weight excluding hydrogens is 1250 g/mol. The lowest BCUT2D eigenvalue weighted by Crippen LogP contribution is -2.30. The second-order valence-corrected chi connectivity index (χ2v) is 29.1. The molecular formula is C56H61N6O19S6+. The highest BCUT2D eigenvalue weighted by Gasteiger charge is 2.46. The molecule has 0 aliphatic carbocycles. The molecule has 2 aliphatic heterocycles. The number of pyridine rings is 1. The number of hydrogen-bond acceptors (Lipinski definition) is 17. The molecule has 0 spiro atoms. The molecule has 2 amide bonds. The minimum atomic E-state index is -5.10. The van der Waals surface area contributed by atoms with Crippen molar-refractivity contribution in [2.24, 2.45) is 5.14 Å². The third-order valence-electron chi connectivity index (χ3n) is 14.6. The fraction of sp³-hybridized carbons (Fsp3) is 0.286. The van der Waals surface area contributed by atoms with Crippen LogP contribution in [0.5, 0.6) is 0 Å². The van der Waals surface area contributed by atoms with Gasteiger partial charge in [-0.2, -0.15) is 38.2 Å². The van der Waals surface area contributed by atoms with Crippen molar-refractivity contribution in [1.29, 1.82) is 0 Å². The molecule has 1 aromatic heterocycles. The number of allylic oxidation sites excluding steroid dienone is 6. The maximum absolute atomic E-state index is 13.5. The van der Waals surface area contributed by atoms with Crippen LogP contribution in [0.1, 0.15) is 93.0 Å². The topological polar surface area (TPSA) is 406 Å². The Morgan fingerprint density at radius 1 is 0.713 bits per heavy atom. The molecule has 0 atom stereocenters. The summed E-state index contributed by atoms with van der Waals surface area (Å²) in [4.78, 5) is 30.7. The fourth-order valence-corrected chi connectivity index (χ4v) is 13.5. The van der Waals surface area contributed by atoms with E-state index in [1.807, 2.05) is 39.0 Å². The van der Waals surface area contributed by atoms with E-state index < -0.39 is 99.3 Å². The van der Waals surface area contributed by atoms with Gasteiger partial charge in [-0.3, -0.25) is 32.8 Å². The number of primary sulfonamides is 1. The van der Waals surface area contributed by atoms with Gasteiger partial charge in [-0.05, 0) is 120 Å². The zero-order valence-electron chi connectivity index (χ0n) is 47.2. The first-order chi connectivity index (χ1) is 40.3. The molecule has 2 aliphatic rings. The van der Waals surface area contributed by atoms with Crippen LogP contribution in [0.3, 0.4) is 0 Å². The number of aromatic nitrogens is 1. The predicted octanol–water partition coefficient (Wildman–Crippen LogP) is 5.98. The van der Waals surface area contributed by atoms with Crippen molar-refractivity contribution in [1.82, 2.24) is 15.6 Å². The standard InChI is InChI=1S/C56H60N6O16S5.O3S/c1-6-7-27-61-46-21-13-36-11-18-40(81(70,71)72)30-43(36)52(46)55(2,3)49(61)23-14-37(45-20-12-38(34-59-45)54(64)58-26-25-51(63)60-33-35-9-16-39(17-10-35)80(57,68)69)15-24-50-56(4,5)53-44-31-41(82(73,74)75)32-48(83(76,77)78)42(44)19-22-47(53)62(50)28-8-29-79(65,66)67;1-4(2)3/h9-24,30-32,34H,6-8,25-29,33H2,1-5H3,(H7-,57,58,60,63,64,65,66,67,68,69,70,71,72,73,74,75,76,77,78);/p+1. The number of amides is 2. The summed E-state index contributed by atoms with van der Waals surface area (Å²) in [6.45, 7) is 10.0. The van der Waals surface area contributed by atoms with Crippen LogP contribution < -0.4 is 20.7 Å². The molecule has 6 aromatic rings. The molecule has 25 nitrogen and oxygen atoms in total. The maximum Gasteiger partial charge on any atom is 0.425 e. The molecule has 0 fully saturated rings. The van der Waals surface area contributed by atoms with Crippen molar-refractivity contribution in [3.05, 3.63) is 155 Å². The van der Waals surface area contributed by atoms with E-state index in [0.717, 1.165) is 41.3 Å². The largest absolute Gasteiger partial charge is 0.425 e. The van der Waals surface area contributed by atoms with E-state index in [2.05, 4.69) is 15.2 Å². The van der Waals surface area contributed by atoms with Gasteiger partial charge in [0.1, 0.15) is 11.4 Å². The minimum Gasteiger partial charge on any atom is -0.352 e. The number of sulfonamides is 1. The number of nitrogens with one attached hydrogen (secondary N) is 2. The summed E-state index contributed by atoms with van der Waals surface area (Å²) in [7, 11) is -26.2. The summed E-state index contributed by atoms with van der Waals surface area (Å²) in [6, 6.07) is 21.6. The normalized spacial score (nSPS) is 15.6. The van der Waals surface area contributed by atoms with Crippen molar-refractivity contribution >= 4 is 117 Å². The number of nitrogens with zero attached hydrogens (tertiary/aromatic N) is 3. The Balaban J connectivity index is 0.00000262. The van der Waals surface area contributed by atoms with Gasteiger partial charge in [-0.15, -0.1) is 12.6 Å². The first-order valence-corrected chi connectivity index (χ1v) is 34.8. The van der Waals surface area contributed by atoms with Crippen LogP contribution in [0.25, 0.3) is 27.1 Å². The Hall–Kier alpha value is -7.43. The first-order valence-electron chi connectivity index (χ1n) is 26.3. The Labute approximate surface area is 504 Å². The van der Waals surface area contributed by atoms with E-state index in [4.69, 9.17) is 22.7 Å². The number of carbonyl (C=O) groups is 2. The second kappa shape index (κ2) is 25.7. The molecule has 0 radical (unpaired) electrons. The van der Waals surface area contributed by atoms with E-state index in [1.165, 1.54) is 60.8 Å². The lowest BCUT2D eigenvalue weighted by molar-refractivity contribution is -0.438. The highest BCUT2D eigenvalue weighted by Crippen LogP contribution is 2.52. The SMILES string of the molecule is CCCC[N+]1=C(/C=C/C(=C/C=C2/N(CCCS(=O)(=O)O)c3ccc4c(S(=O)(=O)O)cc(S(=O)(=O)O)cc4c3C2(C)C)c2ccc(C(=O)NCCC(=O)NCc3ccc(S(N)(=O)=O)cc3)cn2)C(C)(C)c2c1ccc1ccc(S(=O)(=O)O)cc21.O=S(=O)=O. The van der Waals surface area contributed by atoms with Crippen LogP contribution in [0.2, 0.25) is 0 Å². The van der Waals surface area contributed by atoms with Gasteiger partial charge in [-0.25, -0.2) is 13.6 Å². The maximum atomic E-state index is 13.5. The third kappa shape index (κ3) is 15.6. The number of unbranched alkanes of at least 4 members (excludes halogenated alkanes) is 1. The number of hydrogen-bond donors (Lipinski definition) is 7. The van der Waals surface area contributed by atoms with Crippen LogP contribution in [-0.2, 0) is 83.3 Å². The highest BCUT2D eigenvalue weighted by molar-refractivity contribution is 7.89. The average Bonchev–Trinajstić information content (AvgIpc) is 1.66. The minimum absolute atomic E-state index is 0.0246. The van der Waals surface area contributed by atoms with Crippen LogP contribution >= 0.6 is 0 Å². The summed E-state index contributed by atoms with van der Waals surface area (Å²) >= 11 is 0. The monoisotopic (exact) mass is 1310 g/mol. The summed E-state index contributed by atoms with van der Waals surface area (Å²) in [5.74, 6) is -1.60. The molecule has 0 bridgehead atoms. The Morgan fingerprint density at radius 2 is 1.34 bits per heavy atom. The van der Waals surface area contributed by atoms with Crippen LogP contribution in [0, 0.1) is 0 Å². The molecule has 8 N–H and O–H groups in total. The lowest BCUT2D eigenvalue weighted by Gasteiger charge is -2.27. The summed E-state index contributed by atoms with van der Waals surface area (Å²) in [6.07, 6.45) is 9.80. The summed E-state index contributed by atoms with van der Waals surface area (Å²) < 4.78 is 191. The Kier molecular flexibility index (Phi) is 19.8. The number of rotatable bonds is 21. The summed E-state index contributed by atoms with van der Waals surface area (Å²) in [5.41, 5.74) is 3.08. The van der Waals surface area contributed by atoms with Crippen molar-refractivity contribution in [2.45, 2.75) is 97.3 Å². The zero-order chi connectivity index (χ0) is 64.4. The Bertz CT molecular complexity index is 4620. The number of nitrogens with two attached hydrogens (primary N) is 1.